The maximum Gasteiger partial charge on any atom is 0.237 e. The van der Waals surface area contributed by atoms with Crippen LogP contribution < -0.4 is 9.47 Å². The van der Waals surface area contributed by atoms with Gasteiger partial charge in [0.05, 0.1) is 54.6 Å². The number of benzene rings is 2. The first-order chi connectivity index (χ1) is 23.7. The van der Waals surface area contributed by atoms with E-state index in [-0.39, 0.29) is 30.3 Å². The van der Waals surface area contributed by atoms with Gasteiger partial charge in [0.15, 0.2) is 5.78 Å². The van der Waals surface area contributed by atoms with Crippen LogP contribution in [0.3, 0.4) is 0 Å². The van der Waals surface area contributed by atoms with E-state index in [1.165, 1.54) is 0 Å². The van der Waals surface area contributed by atoms with Crippen LogP contribution in [0.1, 0.15) is 45.8 Å². The van der Waals surface area contributed by atoms with Crippen LogP contribution in [0.15, 0.2) is 48.7 Å². The van der Waals surface area contributed by atoms with Gasteiger partial charge in [-0.1, -0.05) is 59.6 Å². The minimum atomic E-state index is -0.180. The Hall–Kier alpha value is -3.64. The van der Waals surface area contributed by atoms with Crippen molar-refractivity contribution in [2.75, 3.05) is 47.0 Å². The number of methoxy groups -OCH3 is 2. The lowest BCUT2D eigenvalue weighted by Crippen LogP contribution is -2.63. The van der Waals surface area contributed by atoms with Crippen molar-refractivity contribution in [3.05, 3.63) is 86.9 Å². The Kier molecular flexibility index (Phi) is 9.62. The summed E-state index contributed by atoms with van der Waals surface area (Å²) in [4.78, 5) is 32.3. The molecule has 2 aliphatic heterocycles. The fourth-order valence-electron chi connectivity index (χ4n) is 7.56. The molecule has 0 unspecified atom stereocenters. The molecule has 3 aliphatic rings. The van der Waals surface area contributed by atoms with Crippen LogP contribution in [-0.2, 0) is 25.9 Å². The highest BCUT2D eigenvalue weighted by Crippen LogP contribution is 2.49. The molecular formula is C37H39Cl2N5O5. The molecule has 10 nitrogen and oxygen atoms in total. The SMILES string of the molecule is COc1cc(C(=O)Cc2cccc(-c3cccc(-c4cnc(CN5CC6(CC(O)C6)C5)c(OC)n4)c3Cl)c2Cl)nc2c1CCN(CCO)C2. The summed E-state index contributed by atoms with van der Waals surface area (Å²) in [5.74, 6) is 0.914. The third-order valence-corrected chi connectivity index (χ3v) is 10.8. The predicted octanol–water partition coefficient (Wildman–Crippen LogP) is 5.26. The first kappa shape index (κ1) is 33.8. The van der Waals surface area contributed by atoms with E-state index in [1.54, 1.807) is 26.5 Å². The molecule has 2 fully saturated rings. The van der Waals surface area contributed by atoms with Gasteiger partial charge >= 0.3 is 0 Å². The highest BCUT2D eigenvalue weighted by molar-refractivity contribution is 6.38. The Morgan fingerprint density at radius 1 is 1.00 bits per heavy atom. The number of β-amino-alcohol motifs (C(OH)–C–C–N with tert-alkyl or cyclic N) is 1. The van der Waals surface area contributed by atoms with Gasteiger partial charge in [-0.3, -0.25) is 19.6 Å². The minimum absolute atomic E-state index is 0.0438. The van der Waals surface area contributed by atoms with Gasteiger partial charge < -0.3 is 19.7 Å². The maximum atomic E-state index is 13.6. The lowest BCUT2D eigenvalue weighted by Gasteiger charge is -2.57. The van der Waals surface area contributed by atoms with Gasteiger partial charge in [0, 0.05) is 79.4 Å². The molecule has 1 saturated carbocycles. The number of nitrogens with zero attached hydrogens (tertiary/aromatic N) is 5. The average Bonchev–Trinajstić information content (AvgIpc) is 3.07. The number of aliphatic hydroxyl groups excluding tert-OH is 2. The van der Waals surface area contributed by atoms with Gasteiger partial charge in [-0.05, 0) is 24.8 Å². The summed E-state index contributed by atoms with van der Waals surface area (Å²) >= 11 is 14.0. The van der Waals surface area contributed by atoms with Gasteiger partial charge in [0.1, 0.15) is 17.1 Å². The fourth-order valence-corrected chi connectivity index (χ4v) is 8.18. The maximum absolute atomic E-state index is 13.6. The molecule has 1 spiro atoms. The van der Waals surface area contributed by atoms with E-state index >= 15 is 0 Å². The van der Waals surface area contributed by atoms with E-state index in [0.29, 0.717) is 75.0 Å². The molecular weight excluding hydrogens is 665 g/mol. The molecule has 2 aromatic carbocycles. The Morgan fingerprint density at radius 3 is 2.45 bits per heavy atom. The third kappa shape index (κ3) is 6.66. The Morgan fingerprint density at radius 2 is 1.73 bits per heavy atom. The number of likely N-dealkylation sites (tertiary alicyclic amines) is 1. The first-order valence-corrected chi connectivity index (χ1v) is 17.3. The lowest BCUT2D eigenvalue weighted by atomic mass is 9.62. The molecule has 2 aromatic heterocycles. The van der Waals surface area contributed by atoms with Crippen LogP contribution in [0.5, 0.6) is 11.6 Å². The summed E-state index contributed by atoms with van der Waals surface area (Å²) in [5.41, 5.74) is 6.42. The zero-order chi connectivity index (χ0) is 34.3. The molecule has 256 valence electrons. The van der Waals surface area contributed by atoms with Gasteiger partial charge in [-0.15, -0.1) is 0 Å². The van der Waals surface area contributed by atoms with Crippen LogP contribution >= 0.6 is 23.2 Å². The number of halogens is 2. The van der Waals surface area contributed by atoms with E-state index in [4.69, 9.17) is 47.6 Å². The number of hydrogen-bond acceptors (Lipinski definition) is 10. The van der Waals surface area contributed by atoms with Crippen molar-refractivity contribution >= 4 is 29.0 Å². The minimum Gasteiger partial charge on any atom is -0.496 e. The van der Waals surface area contributed by atoms with E-state index in [9.17, 15) is 15.0 Å². The van der Waals surface area contributed by atoms with Crippen molar-refractivity contribution in [3.63, 3.8) is 0 Å². The summed E-state index contributed by atoms with van der Waals surface area (Å²) in [7, 11) is 3.19. The van der Waals surface area contributed by atoms with Crippen LogP contribution in [0.25, 0.3) is 22.4 Å². The smallest absolute Gasteiger partial charge is 0.237 e. The second kappa shape index (κ2) is 13.9. The molecule has 1 saturated heterocycles. The number of carbonyl (C=O) groups excluding carboxylic acids is 1. The molecule has 2 N–H and O–H groups in total. The van der Waals surface area contributed by atoms with E-state index in [1.807, 2.05) is 36.4 Å². The van der Waals surface area contributed by atoms with Gasteiger partial charge in [0.2, 0.25) is 5.88 Å². The summed E-state index contributed by atoms with van der Waals surface area (Å²) in [6.45, 7) is 4.46. The van der Waals surface area contributed by atoms with E-state index < -0.39 is 0 Å². The summed E-state index contributed by atoms with van der Waals surface area (Å²) in [6.07, 6.45) is 4.07. The van der Waals surface area contributed by atoms with Crippen molar-refractivity contribution in [1.29, 1.82) is 0 Å². The second-order valence-corrected chi connectivity index (χ2v) is 14.1. The summed E-state index contributed by atoms with van der Waals surface area (Å²) in [5, 5.41) is 20.0. The van der Waals surface area contributed by atoms with Crippen molar-refractivity contribution in [2.24, 2.45) is 5.41 Å². The number of ketones is 1. The van der Waals surface area contributed by atoms with Crippen molar-refractivity contribution in [1.82, 2.24) is 24.8 Å². The van der Waals surface area contributed by atoms with Gasteiger partial charge in [-0.2, -0.15) is 0 Å². The van der Waals surface area contributed by atoms with Crippen LogP contribution in [0, 0.1) is 5.41 Å². The van der Waals surface area contributed by atoms with Crippen LogP contribution in [0.4, 0.5) is 0 Å². The lowest BCUT2D eigenvalue weighted by molar-refractivity contribution is -0.131. The average molecular weight is 705 g/mol. The highest BCUT2D eigenvalue weighted by Gasteiger charge is 2.51. The molecule has 0 amide bonds. The Labute approximate surface area is 295 Å². The molecule has 0 bridgehead atoms. The van der Waals surface area contributed by atoms with Gasteiger partial charge in [-0.25, -0.2) is 9.97 Å². The largest absolute Gasteiger partial charge is 0.496 e. The number of fused-ring (bicyclic) bond motifs is 1. The fraction of sp³-hybridized carbons (Fsp3) is 0.405. The zero-order valence-electron chi connectivity index (χ0n) is 27.6. The van der Waals surface area contributed by atoms with E-state index in [2.05, 4.69) is 9.80 Å². The molecule has 4 heterocycles. The van der Waals surface area contributed by atoms with Crippen LogP contribution in [-0.4, -0.2) is 93.9 Å². The number of pyridine rings is 1. The molecule has 49 heavy (non-hydrogen) atoms. The summed E-state index contributed by atoms with van der Waals surface area (Å²) in [6, 6.07) is 13.0. The molecule has 0 atom stereocenters. The molecule has 7 rings (SSSR count). The molecule has 4 aromatic rings. The number of rotatable bonds is 11. The van der Waals surface area contributed by atoms with Crippen molar-refractivity contribution in [2.45, 2.75) is 44.9 Å². The number of carbonyl (C=O) groups is 1. The van der Waals surface area contributed by atoms with Crippen molar-refractivity contribution < 1.29 is 24.5 Å². The Bertz CT molecular complexity index is 1890. The summed E-state index contributed by atoms with van der Waals surface area (Å²) < 4.78 is 11.3. The number of hydrogen-bond donors (Lipinski definition) is 2. The standard InChI is InChI=1S/C37H39Cl2N5O5/c1-48-33-14-28(41-30-18-43(11-12-45)10-9-26(30)33)32(47)13-22-5-3-6-24(34(22)38)25-7-4-8-27(35(25)39)29-17-40-31(36(42-29)49-2)19-44-20-37(21-44)15-23(46)16-37/h3-8,14,17,23,45-46H,9-13,15-16,18-21H2,1-2H3. The topological polar surface area (TPSA) is 121 Å². The third-order valence-electron chi connectivity index (χ3n) is 9.97. The van der Waals surface area contributed by atoms with Crippen molar-refractivity contribution in [3.8, 4) is 34.0 Å². The highest BCUT2D eigenvalue weighted by atomic mass is 35.5. The molecule has 12 heteroatoms. The molecule has 1 aliphatic carbocycles. The number of ether oxygens (including phenoxy) is 2. The second-order valence-electron chi connectivity index (χ2n) is 13.3. The molecule has 0 radical (unpaired) electrons. The predicted molar refractivity (Wildman–Crippen MR) is 187 cm³/mol. The number of Topliss-reactive ketones (excluding diaryl/α,β-unsaturated/α-hetero) is 1. The zero-order valence-corrected chi connectivity index (χ0v) is 29.1. The van der Waals surface area contributed by atoms with E-state index in [0.717, 1.165) is 55.8 Å². The Balaban J connectivity index is 1.11. The quantitative estimate of drug-likeness (QED) is 0.200. The van der Waals surface area contributed by atoms with Crippen LogP contribution in [0.2, 0.25) is 10.0 Å². The number of aromatic nitrogens is 3. The number of aliphatic hydroxyl groups is 2. The first-order valence-electron chi connectivity index (χ1n) is 16.5. The van der Waals surface area contributed by atoms with Gasteiger partial charge in [0.25, 0.3) is 0 Å². The normalized spacial score (nSPS) is 17.3. The monoisotopic (exact) mass is 703 g/mol.